The zero-order valence-corrected chi connectivity index (χ0v) is 11.1. The van der Waals surface area contributed by atoms with Crippen LogP contribution < -0.4 is 10.1 Å². The average molecular weight is 272 g/mol. The fourth-order valence-corrected chi connectivity index (χ4v) is 2.15. The van der Waals surface area contributed by atoms with Crippen LogP contribution in [0.1, 0.15) is 24.5 Å². The second kappa shape index (κ2) is 6.13. The van der Waals surface area contributed by atoms with E-state index in [2.05, 4.69) is 47.2 Å². The quantitative estimate of drug-likeness (QED) is 0.888. The van der Waals surface area contributed by atoms with Crippen LogP contribution in [0.5, 0.6) is 5.75 Å². The van der Waals surface area contributed by atoms with Crippen molar-refractivity contribution in [3.05, 3.63) is 27.7 Å². The second-order valence-corrected chi connectivity index (χ2v) is 4.51. The third-order valence-electron chi connectivity index (χ3n) is 2.13. The lowest BCUT2D eigenvalue weighted by Crippen LogP contribution is -2.09. The van der Waals surface area contributed by atoms with Crippen molar-refractivity contribution in [2.45, 2.75) is 26.8 Å². The molecule has 0 spiro atoms. The van der Waals surface area contributed by atoms with Crippen molar-refractivity contribution < 1.29 is 4.74 Å². The number of rotatable bonds is 5. The van der Waals surface area contributed by atoms with Crippen LogP contribution in [0.15, 0.2) is 16.6 Å². The molecule has 0 saturated heterocycles. The van der Waals surface area contributed by atoms with Gasteiger partial charge in [-0.2, -0.15) is 0 Å². The molecule has 0 radical (unpaired) electrons. The van der Waals surface area contributed by atoms with Crippen molar-refractivity contribution in [3.8, 4) is 5.75 Å². The fourth-order valence-electron chi connectivity index (χ4n) is 1.53. The van der Waals surface area contributed by atoms with E-state index in [-0.39, 0.29) is 0 Å². The van der Waals surface area contributed by atoms with E-state index in [1.165, 1.54) is 11.1 Å². The van der Waals surface area contributed by atoms with Gasteiger partial charge in [-0.25, -0.2) is 0 Å². The summed E-state index contributed by atoms with van der Waals surface area (Å²) in [6, 6.07) is 4.19. The Morgan fingerprint density at radius 3 is 2.73 bits per heavy atom. The van der Waals surface area contributed by atoms with Crippen LogP contribution in [0.3, 0.4) is 0 Å². The molecule has 1 aromatic rings. The van der Waals surface area contributed by atoms with Gasteiger partial charge in [0, 0.05) is 16.6 Å². The summed E-state index contributed by atoms with van der Waals surface area (Å²) in [6.07, 6.45) is 1.04. The van der Waals surface area contributed by atoms with Gasteiger partial charge in [0.15, 0.2) is 0 Å². The summed E-state index contributed by atoms with van der Waals surface area (Å²) in [4.78, 5) is 0. The molecular weight excluding hydrogens is 254 g/mol. The molecule has 84 valence electrons. The van der Waals surface area contributed by atoms with Crippen LogP contribution in [-0.2, 0) is 6.54 Å². The third-order valence-corrected chi connectivity index (χ3v) is 2.59. The maximum absolute atomic E-state index is 5.76. The molecule has 1 N–H and O–H groups in total. The van der Waals surface area contributed by atoms with Gasteiger partial charge < -0.3 is 10.1 Å². The van der Waals surface area contributed by atoms with E-state index in [0.29, 0.717) is 0 Å². The van der Waals surface area contributed by atoms with Gasteiger partial charge in [0.2, 0.25) is 0 Å². The van der Waals surface area contributed by atoms with Gasteiger partial charge in [0.1, 0.15) is 5.75 Å². The van der Waals surface area contributed by atoms with Crippen molar-refractivity contribution in [2.24, 2.45) is 0 Å². The lowest BCUT2D eigenvalue weighted by atomic mass is 10.1. The molecule has 1 aromatic carbocycles. The first kappa shape index (κ1) is 12.5. The highest BCUT2D eigenvalue weighted by atomic mass is 79.9. The van der Waals surface area contributed by atoms with Gasteiger partial charge in [-0.15, -0.1) is 0 Å². The largest absolute Gasteiger partial charge is 0.493 e. The first-order valence-electron chi connectivity index (χ1n) is 5.25. The molecule has 0 aliphatic rings. The van der Waals surface area contributed by atoms with Crippen LogP contribution in [0.4, 0.5) is 0 Å². The van der Waals surface area contributed by atoms with Gasteiger partial charge >= 0.3 is 0 Å². The van der Waals surface area contributed by atoms with Gasteiger partial charge in [-0.05, 0) is 38.1 Å². The Kier molecular flexibility index (Phi) is 5.12. The zero-order valence-electron chi connectivity index (χ0n) is 9.56. The fraction of sp³-hybridized carbons (Fsp3) is 0.500. The van der Waals surface area contributed by atoms with Crippen molar-refractivity contribution in [3.63, 3.8) is 0 Å². The van der Waals surface area contributed by atoms with Crippen LogP contribution in [0.2, 0.25) is 0 Å². The number of hydrogen-bond acceptors (Lipinski definition) is 2. The molecule has 15 heavy (non-hydrogen) atoms. The summed E-state index contributed by atoms with van der Waals surface area (Å²) in [6.45, 7) is 5.80. The predicted molar refractivity (Wildman–Crippen MR) is 67.4 cm³/mol. The van der Waals surface area contributed by atoms with Crippen LogP contribution in [0.25, 0.3) is 0 Å². The Labute approximate surface area is 100 Å². The predicted octanol–water partition coefficient (Wildman–Crippen LogP) is 3.27. The smallest absolute Gasteiger partial charge is 0.126 e. The number of ether oxygens (including phenoxy) is 1. The SMILES string of the molecule is CCCOc1c(C)cc(Br)cc1CNC. The maximum atomic E-state index is 5.76. The molecule has 0 unspecified atom stereocenters. The van der Waals surface area contributed by atoms with Crippen LogP contribution >= 0.6 is 15.9 Å². The van der Waals surface area contributed by atoms with Crippen molar-refractivity contribution in [1.82, 2.24) is 5.32 Å². The average Bonchev–Trinajstić information content (AvgIpc) is 2.17. The molecule has 0 aromatic heterocycles. The number of nitrogens with one attached hydrogen (secondary N) is 1. The number of hydrogen-bond donors (Lipinski definition) is 1. The van der Waals surface area contributed by atoms with E-state index >= 15 is 0 Å². The summed E-state index contributed by atoms with van der Waals surface area (Å²) in [5.74, 6) is 1.02. The Morgan fingerprint density at radius 2 is 2.13 bits per heavy atom. The van der Waals surface area contributed by atoms with E-state index in [1.54, 1.807) is 0 Å². The van der Waals surface area contributed by atoms with Crippen molar-refractivity contribution >= 4 is 15.9 Å². The molecule has 1 rings (SSSR count). The lowest BCUT2D eigenvalue weighted by Gasteiger charge is -2.14. The zero-order chi connectivity index (χ0) is 11.3. The van der Waals surface area contributed by atoms with E-state index in [4.69, 9.17) is 4.74 Å². The lowest BCUT2D eigenvalue weighted by molar-refractivity contribution is 0.311. The maximum Gasteiger partial charge on any atom is 0.126 e. The molecule has 0 heterocycles. The highest BCUT2D eigenvalue weighted by molar-refractivity contribution is 9.10. The normalized spacial score (nSPS) is 10.4. The molecule has 0 aliphatic heterocycles. The van der Waals surface area contributed by atoms with Crippen LogP contribution in [0, 0.1) is 6.92 Å². The molecule has 0 atom stereocenters. The minimum atomic E-state index is 0.777. The van der Waals surface area contributed by atoms with Gasteiger partial charge in [0.25, 0.3) is 0 Å². The standard InChI is InChI=1S/C12H18BrNO/c1-4-5-15-12-9(2)6-11(13)7-10(12)8-14-3/h6-7,14H,4-5,8H2,1-3H3. The Morgan fingerprint density at radius 1 is 1.40 bits per heavy atom. The third kappa shape index (κ3) is 3.50. The first-order chi connectivity index (χ1) is 7.19. The minimum absolute atomic E-state index is 0.777. The van der Waals surface area contributed by atoms with Crippen LogP contribution in [-0.4, -0.2) is 13.7 Å². The molecule has 3 heteroatoms. The summed E-state index contributed by atoms with van der Waals surface area (Å²) >= 11 is 3.50. The number of halogens is 1. The molecular formula is C12H18BrNO. The second-order valence-electron chi connectivity index (χ2n) is 3.59. The molecule has 0 bridgehead atoms. The number of aryl methyl sites for hydroxylation is 1. The van der Waals surface area contributed by atoms with Gasteiger partial charge in [-0.1, -0.05) is 22.9 Å². The summed E-state index contributed by atoms with van der Waals surface area (Å²) < 4.78 is 6.87. The van der Waals surface area contributed by atoms with Gasteiger partial charge in [0.05, 0.1) is 6.61 Å². The Bertz CT molecular complexity index is 326. The van der Waals surface area contributed by atoms with Gasteiger partial charge in [-0.3, -0.25) is 0 Å². The van der Waals surface area contributed by atoms with Crippen molar-refractivity contribution in [2.75, 3.05) is 13.7 Å². The minimum Gasteiger partial charge on any atom is -0.493 e. The topological polar surface area (TPSA) is 21.3 Å². The summed E-state index contributed by atoms with van der Waals surface area (Å²) in [7, 11) is 1.94. The monoisotopic (exact) mass is 271 g/mol. The van der Waals surface area contributed by atoms with Crippen molar-refractivity contribution in [1.29, 1.82) is 0 Å². The highest BCUT2D eigenvalue weighted by Crippen LogP contribution is 2.28. The Hall–Kier alpha value is -0.540. The summed E-state index contributed by atoms with van der Waals surface area (Å²) in [5, 5.41) is 3.15. The molecule has 0 saturated carbocycles. The van der Waals surface area contributed by atoms with E-state index in [0.717, 1.165) is 29.8 Å². The van der Waals surface area contributed by atoms with E-state index in [9.17, 15) is 0 Å². The molecule has 0 fully saturated rings. The van der Waals surface area contributed by atoms with E-state index < -0.39 is 0 Å². The number of benzene rings is 1. The molecule has 0 aliphatic carbocycles. The molecule has 2 nitrogen and oxygen atoms in total. The Balaban J connectivity index is 2.97. The molecule has 0 amide bonds. The summed E-state index contributed by atoms with van der Waals surface area (Å²) in [5.41, 5.74) is 2.39. The first-order valence-corrected chi connectivity index (χ1v) is 6.04. The van der Waals surface area contributed by atoms with E-state index in [1.807, 2.05) is 7.05 Å². The highest BCUT2D eigenvalue weighted by Gasteiger charge is 2.07.